The molecule has 0 aromatic heterocycles. The molecule has 0 aliphatic carbocycles. The summed E-state index contributed by atoms with van der Waals surface area (Å²) in [6.45, 7) is 3.03. The van der Waals surface area contributed by atoms with Gasteiger partial charge in [0, 0.05) is 25.1 Å². The number of hydrogen-bond donors (Lipinski definition) is 1. The van der Waals surface area contributed by atoms with E-state index in [1.54, 1.807) is 44.2 Å². The molecule has 2 aromatic rings. The van der Waals surface area contributed by atoms with Crippen LogP contribution in [0, 0.1) is 24.0 Å². The van der Waals surface area contributed by atoms with Gasteiger partial charge in [-0.3, -0.25) is 19.2 Å². The van der Waals surface area contributed by atoms with Crippen LogP contribution in [0.2, 0.25) is 0 Å². The molecule has 2 aromatic carbocycles. The Labute approximate surface area is 151 Å². The molecule has 8 nitrogen and oxygen atoms in total. The highest BCUT2D eigenvalue weighted by atomic mass is 32.2. The summed E-state index contributed by atoms with van der Waals surface area (Å²) in [5.41, 5.74) is 6.10. The smallest absolute Gasteiger partial charge is 0.271 e. The van der Waals surface area contributed by atoms with Gasteiger partial charge < -0.3 is 5.73 Å². The van der Waals surface area contributed by atoms with Crippen molar-refractivity contribution in [2.24, 2.45) is 5.73 Å². The van der Waals surface area contributed by atoms with E-state index in [1.165, 1.54) is 6.07 Å². The summed E-state index contributed by atoms with van der Waals surface area (Å²) in [6, 6.07) is 10.6. The fraction of sp³-hybridized carbons (Fsp3) is 0.235. The number of anilines is 1. The number of nitro benzene ring substituents is 1. The highest BCUT2D eigenvalue weighted by Gasteiger charge is 2.29. The normalized spacial score (nSPS) is 11.2. The molecule has 0 radical (unpaired) electrons. The first-order chi connectivity index (χ1) is 12.1. The van der Waals surface area contributed by atoms with E-state index in [0.29, 0.717) is 16.8 Å². The van der Waals surface area contributed by atoms with Crippen LogP contribution in [0.5, 0.6) is 0 Å². The lowest BCUT2D eigenvalue weighted by molar-refractivity contribution is -0.385. The standard InChI is InChI=1S/C17H19N3O5S/c1-12-10-15(20(22)23)11-16(13(12)2)26(24,25)19(9-8-17(18)21)14-6-4-3-5-7-14/h3-7,10-11H,8-9H2,1-2H3,(H2,18,21). The van der Waals surface area contributed by atoms with Crippen molar-refractivity contribution in [3.63, 3.8) is 0 Å². The van der Waals surface area contributed by atoms with Gasteiger partial charge in [-0.1, -0.05) is 18.2 Å². The van der Waals surface area contributed by atoms with Gasteiger partial charge in [0.15, 0.2) is 0 Å². The molecule has 0 bridgehead atoms. The number of nitrogens with two attached hydrogens (primary N) is 1. The topological polar surface area (TPSA) is 124 Å². The largest absolute Gasteiger partial charge is 0.370 e. The third-order valence-corrected chi connectivity index (χ3v) is 5.94. The van der Waals surface area contributed by atoms with Gasteiger partial charge in [0.05, 0.1) is 15.5 Å². The third kappa shape index (κ3) is 3.99. The molecule has 138 valence electrons. The van der Waals surface area contributed by atoms with E-state index in [2.05, 4.69) is 0 Å². The predicted molar refractivity (Wildman–Crippen MR) is 97.4 cm³/mol. The maximum atomic E-state index is 13.2. The second-order valence-corrected chi connectivity index (χ2v) is 7.60. The van der Waals surface area contributed by atoms with Gasteiger partial charge in [-0.2, -0.15) is 0 Å². The fourth-order valence-electron chi connectivity index (χ4n) is 2.49. The number of rotatable bonds is 7. The Morgan fingerprint density at radius 2 is 1.81 bits per heavy atom. The number of non-ortho nitro benzene ring substituents is 1. The number of amides is 1. The number of para-hydroxylation sites is 1. The number of nitrogens with zero attached hydrogens (tertiary/aromatic N) is 2. The summed E-state index contributed by atoms with van der Waals surface area (Å²) in [5.74, 6) is -0.645. The maximum Gasteiger partial charge on any atom is 0.271 e. The van der Waals surface area contributed by atoms with Gasteiger partial charge in [-0.15, -0.1) is 0 Å². The Bertz CT molecular complexity index is 942. The summed E-state index contributed by atoms with van der Waals surface area (Å²) < 4.78 is 27.5. The van der Waals surface area contributed by atoms with Crippen LogP contribution in [0.25, 0.3) is 0 Å². The molecule has 0 atom stereocenters. The Balaban J connectivity index is 2.63. The molecule has 1 amide bonds. The van der Waals surface area contributed by atoms with Gasteiger partial charge in [0.1, 0.15) is 0 Å². The third-order valence-electron chi connectivity index (χ3n) is 3.99. The molecule has 0 aliphatic heterocycles. The first-order valence-electron chi connectivity index (χ1n) is 7.76. The quantitative estimate of drug-likeness (QED) is 0.585. The van der Waals surface area contributed by atoms with E-state index < -0.39 is 20.9 Å². The van der Waals surface area contributed by atoms with Crippen molar-refractivity contribution < 1.29 is 18.1 Å². The predicted octanol–water partition coefficient (Wildman–Crippen LogP) is 2.28. The Morgan fingerprint density at radius 1 is 1.19 bits per heavy atom. The number of sulfonamides is 1. The molecule has 26 heavy (non-hydrogen) atoms. The molecule has 2 N–H and O–H groups in total. The summed E-state index contributed by atoms with van der Waals surface area (Å²) >= 11 is 0. The van der Waals surface area contributed by atoms with Gasteiger partial charge >= 0.3 is 0 Å². The average Bonchev–Trinajstić information content (AvgIpc) is 2.57. The van der Waals surface area contributed by atoms with Crippen molar-refractivity contribution in [2.75, 3.05) is 10.8 Å². The molecule has 0 aliphatic rings. The molecule has 2 rings (SSSR count). The summed E-state index contributed by atoms with van der Waals surface area (Å²) in [4.78, 5) is 21.5. The van der Waals surface area contributed by atoms with E-state index in [0.717, 1.165) is 10.4 Å². The molecular weight excluding hydrogens is 358 g/mol. The number of primary amides is 1. The summed E-state index contributed by atoms with van der Waals surface area (Å²) in [5, 5.41) is 11.1. The number of carbonyl (C=O) groups is 1. The van der Waals surface area contributed by atoms with Crippen LogP contribution in [0.15, 0.2) is 47.4 Å². The second kappa shape index (κ2) is 7.52. The highest BCUT2D eigenvalue weighted by molar-refractivity contribution is 7.92. The molecule has 0 spiro atoms. The molecule has 9 heteroatoms. The Kier molecular flexibility index (Phi) is 5.61. The van der Waals surface area contributed by atoms with Crippen LogP contribution < -0.4 is 10.0 Å². The minimum atomic E-state index is -4.14. The number of hydrogen-bond acceptors (Lipinski definition) is 5. The van der Waals surface area contributed by atoms with E-state index >= 15 is 0 Å². The van der Waals surface area contributed by atoms with Gasteiger partial charge in [-0.05, 0) is 37.1 Å². The minimum absolute atomic E-state index is 0.164. The fourth-order valence-corrected chi connectivity index (χ4v) is 4.28. The van der Waals surface area contributed by atoms with Gasteiger partial charge in [0.25, 0.3) is 15.7 Å². The first kappa shape index (κ1) is 19.4. The van der Waals surface area contributed by atoms with Crippen LogP contribution in [0.4, 0.5) is 11.4 Å². The van der Waals surface area contributed by atoms with E-state index in [1.807, 2.05) is 0 Å². The Hall–Kier alpha value is -2.94. The number of aryl methyl sites for hydroxylation is 1. The van der Waals surface area contributed by atoms with Crippen LogP contribution in [-0.4, -0.2) is 25.8 Å². The number of carbonyl (C=O) groups excluding carboxylic acids is 1. The van der Waals surface area contributed by atoms with Crippen molar-refractivity contribution in [3.8, 4) is 0 Å². The SMILES string of the molecule is Cc1cc([N+](=O)[O-])cc(S(=O)(=O)N(CCC(N)=O)c2ccccc2)c1C. The van der Waals surface area contributed by atoms with Crippen molar-refractivity contribution in [2.45, 2.75) is 25.2 Å². The lowest BCUT2D eigenvalue weighted by atomic mass is 10.1. The number of benzene rings is 2. The van der Waals surface area contributed by atoms with Crippen LogP contribution in [-0.2, 0) is 14.8 Å². The molecule has 0 heterocycles. The zero-order chi connectivity index (χ0) is 19.5. The monoisotopic (exact) mass is 377 g/mol. The number of nitro groups is 1. The molecular formula is C17H19N3O5S. The van der Waals surface area contributed by atoms with Gasteiger partial charge in [0.2, 0.25) is 5.91 Å². The second-order valence-electron chi connectivity index (χ2n) is 5.77. The molecule has 0 unspecified atom stereocenters. The van der Waals surface area contributed by atoms with Crippen molar-refractivity contribution >= 4 is 27.3 Å². The van der Waals surface area contributed by atoms with Crippen molar-refractivity contribution in [1.29, 1.82) is 0 Å². The zero-order valence-corrected chi connectivity index (χ0v) is 15.2. The lowest BCUT2D eigenvalue weighted by Crippen LogP contribution is -2.34. The summed E-state index contributed by atoms with van der Waals surface area (Å²) in [7, 11) is -4.14. The molecule has 0 saturated heterocycles. The maximum absolute atomic E-state index is 13.2. The van der Waals surface area contributed by atoms with E-state index in [-0.39, 0.29) is 23.5 Å². The van der Waals surface area contributed by atoms with E-state index in [9.17, 15) is 23.3 Å². The zero-order valence-electron chi connectivity index (χ0n) is 14.4. The van der Waals surface area contributed by atoms with Gasteiger partial charge in [-0.25, -0.2) is 8.42 Å². The van der Waals surface area contributed by atoms with Crippen LogP contribution >= 0.6 is 0 Å². The van der Waals surface area contributed by atoms with E-state index in [4.69, 9.17) is 5.73 Å². The van der Waals surface area contributed by atoms with Crippen LogP contribution in [0.3, 0.4) is 0 Å². The lowest BCUT2D eigenvalue weighted by Gasteiger charge is -2.25. The minimum Gasteiger partial charge on any atom is -0.370 e. The average molecular weight is 377 g/mol. The highest BCUT2D eigenvalue weighted by Crippen LogP contribution is 2.30. The first-order valence-corrected chi connectivity index (χ1v) is 9.20. The molecule has 0 fully saturated rings. The Morgan fingerprint density at radius 3 is 2.35 bits per heavy atom. The van der Waals surface area contributed by atoms with Crippen LogP contribution in [0.1, 0.15) is 17.5 Å². The molecule has 0 saturated carbocycles. The van der Waals surface area contributed by atoms with Crippen molar-refractivity contribution in [1.82, 2.24) is 0 Å². The van der Waals surface area contributed by atoms with Crippen molar-refractivity contribution in [3.05, 3.63) is 63.7 Å². The summed E-state index contributed by atoms with van der Waals surface area (Å²) in [6.07, 6.45) is -0.179.